The van der Waals surface area contributed by atoms with Gasteiger partial charge in [-0.1, -0.05) is 45.0 Å². The van der Waals surface area contributed by atoms with Gasteiger partial charge in [0, 0.05) is 24.4 Å². The van der Waals surface area contributed by atoms with Gasteiger partial charge in [-0.2, -0.15) is 0 Å². The quantitative estimate of drug-likeness (QED) is 0.336. The lowest BCUT2D eigenvalue weighted by Gasteiger charge is -2.19. The van der Waals surface area contributed by atoms with Crippen LogP contribution in [0.15, 0.2) is 42.5 Å². The number of ketones is 1. The minimum absolute atomic E-state index is 0.000961. The molecule has 0 bridgehead atoms. The fourth-order valence-electron chi connectivity index (χ4n) is 3.67. The number of carbonyl (C=O) groups is 3. The molecule has 1 aromatic heterocycles. The molecule has 3 aromatic rings. The van der Waals surface area contributed by atoms with E-state index < -0.39 is 17.7 Å². The predicted molar refractivity (Wildman–Crippen MR) is 120 cm³/mol. The SMILES string of the molecule is COc1ccc2c(c1)c(C(=O)C(=O)O)c(COC(C)=O)n2Cc1ccc(C(C)(C)C)cc1. The molecule has 2 aromatic carbocycles. The first kappa shape index (κ1) is 23.1. The summed E-state index contributed by atoms with van der Waals surface area (Å²) in [5.74, 6) is -2.68. The molecule has 0 radical (unpaired) electrons. The molecule has 0 amide bonds. The van der Waals surface area contributed by atoms with Gasteiger partial charge in [0.05, 0.1) is 18.4 Å². The van der Waals surface area contributed by atoms with Crippen LogP contribution >= 0.6 is 0 Å². The first-order chi connectivity index (χ1) is 15.0. The van der Waals surface area contributed by atoms with Gasteiger partial charge in [-0.3, -0.25) is 9.59 Å². The number of hydrogen-bond donors (Lipinski definition) is 1. The standard InChI is InChI=1S/C25H27NO6/c1-15(27)32-14-21-22(23(28)24(29)30)19-12-18(31-5)10-11-20(19)26(21)13-16-6-8-17(9-7-16)25(2,3)4/h6-12H,13-14H2,1-5H3,(H,29,30). The Balaban J connectivity index is 2.20. The second kappa shape index (κ2) is 8.86. The molecular weight excluding hydrogens is 410 g/mol. The summed E-state index contributed by atoms with van der Waals surface area (Å²) in [5, 5.41) is 9.87. The maximum absolute atomic E-state index is 12.7. The predicted octanol–water partition coefficient (Wildman–Crippen LogP) is 4.33. The third-order valence-electron chi connectivity index (χ3n) is 5.37. The molecule has 32 heavy (non-hydrogen) atoms. The molecule has 3 rings (SSSR count). The number of methoxy groups -OCH3 is 1. The monoisotopic (exact) mass is 437 g/mol. The smallest absolute Gasteiger partial charge is 0.377 e. The number of ether oxygens (including phenoxy) is 2. The topological polar surface area (TPSA) is 94.8 Å². The molecular formula is C25H27NO6. The number of esters is 1. The van der Waals surface area contributed by atoms with Crippen molar-refractivity contribution in [1.29, 1.82) is 0 Å². The van der Waals surface area contributed by atoms with E-state index in [2.05, 4.69) is 32.9 Å². The molecule has 1 N–H and O–H groups in total. The summed E-state index contributed by atoms with van der Waals surface area (Å²) in [7, 11) is 1.49. The number of nitrogens with zero attached hydrogens (tertiary/aromatic N) is 1. The van der Waals surface area contributed by atoms with Gasteiger partial charge in [0.1, 0.15) is 12.4 Å². The van der Waals surface area contributed by atoms with Crippen molar-refractivity contribution < 1.29 is 29.0 Å². The number of benzene rings is 2. The van der Waals surface area contributed by atoms with E-state index in [4.69, 9.17) is 9.47 Å². The Morgan fingerprint density at radius 2 is 1.69 bits per heavy atom. The Bertz CT molecular complexity index is 1180. The van der Waals surface area contributed by atoms with Crippen molar-refractivity contribution >= 4 is 28.6 Å². The zero-order valence-corrected chi connectivity index (χ0v) is 18.9. The van der Waals surface area contributed by atoms with E-state index in [1.54, 1.807) is 18.2 Å². The third-order valence-corrected chi connectivity index (χ3v) is 5.37. The molecule has 7 nitrogen and oxygen atoms in total. The first-order valence-corrected chi connectivity index (χ1v) is 10.2. The highest BCUT2D eigenvalue weighted by atomic mass is 16.5. The summed E-state index contributed by atoms with van der Waals surface area (Å²) >= 11 is 0. The van der Waals surface area contributed by atoms with Gasteiger partial charge in [-0.25, -0.2) is 4.79 Å². The Morgan fingerprint density at radius 1 is 1.03 bits per heavy atom. The number of fused-ring (bicyclic) bond motifs is 1. The average molecular weight is 437 g/mol. The van der Waals surface area contributed by atoms with E-state index >= 15 is 0 Å². The molecule has 0 fully saturated rings. The minimum atomic E-state index is -1.58. The van der Waals surface area contributed by atoms with Crippen molar-refractivity contribution in [3.05, 3.63) is 64.8 Å². The summed E-state index contributed by atoms with van der Waals surface area (Å²) in [6.45, 7) is 7.82. The van der Waals surface area contributed by atoms with Crippen LogP contribution in [-0.4, -0.2) is 34.5 Å². The second-order valence-corrected chi connectivity index (χ2v) is 8.65. The Labute approximate surface area is 186 Å². The fraction of sp³-hybridized carbons (Fsp3) is 0.320. The van der Waals surface area contributed by atoms with Crippen LogP contribution in [0.25, 0.3) is 10.9 Å². The van der Waals surface area contributed by atoms with E-state index in [1.165, 1.54) is 19.6 Å². The summed E-state index contributed by atoms with van der Waals surface area (Å²) in [5.41, 5.74) is 3.14. The molecule has 0 saturated heterocycles. The number of aromatic nitrogens is 1. The van der Waals surface area contributed by atoms with Gasteiger partial charge >= 0.3 is 11.9 Å². The van der Waals surface area contributed by atoms with Gasteiger partial charge in [0.25, 0.3) is 5.78 Å². The number of carboxylic acid groups (broad SMARTS) is 1. The van der Waals surface area contributed by atoms with Crippen molar-refractivity contribution in [1.82, 2.24) is 4.57 Å². The summed E-state index contributed by atoms with van der Waals surface area (Å²) < 4.78 is 12.3. The third kappa shape index (κ3) is 4.66. The van der Waals surface area contributed by atoms with Crippen LogP contribution in [0.1, 0.15) is 54.9 Å². The molecule has 0 unspecified atom stereocenters. The zero-order valence-electron chi connectivity index (χ0n) is 18.9. The zero-order chi connectivity index (χ0) is 23.6. The van der Waals surface area contributed by atoms with E-state index in [-0.39, 0.29) is 17.6 Å². The van der Waals surface area contributed by atoms with Crippen LogP contribution in [0.4, 0.5) is 0 Å². The Kier molecular flexibility index (Phi) is 6.39. The van der Waals surface area contributed by atoms with Crippen molar-refractivity contribution in [2.45, 2.75) is 46.3 Å². The number of carboxylic acids is 1. The normalized spacial score (nSPS) is 11.4. The molecule has 0 aliphatic rings. The highest BCUT2D eigenvalue weighted by molar-refractivity contribution is 6.42. The molecule has 0 saturated carbocycles. The Morgan fingerprint density at radius 3 is 2.22 bits per heavy atom. The first-order valence-electron chi connectivity index (χ1n) is 10.2. The van der Waals surface area contributed by atoms with E-state index in [0.29, 0.717) is 28.9 Å². The average Bonchev–Trinajstić information content (AvgIpc) is 3.03. The second-order valence-electron chi connectivity index (χ2n) is 8.65. The summed E-state index contributed by atoms with van der Waals surface area (Å²) in [6, 6.07) is 13.3. The van der Waals surface area contributed by atoms with Gasteiger partial charge in [-0.05, 0) is 34.7 Å². The van der Waals surface area contributed by atoms with Crippen LogP contribution in [-0.2, 0) is 32.9 Å². The van der Waals surface area contributed by atoms with Gasteiger partial charge < -0.3 is 19.1 Å². The van der Waals surface area contributed by atoms with Gasteiger partial charge in [0.2, 0.25) is 0 Å². The fourth-order valence-corrected chi connectivity index (χ4v) is 3.67. The van der Waals surface area contributed by atoms with Crippen LogP contribution in [0, 0.1) is 0 Å². The number of carbonyl (C=O) groups excluding carboxylic acids is 2. The maximum atomic E-state index is 12.7. The lowest BCUT2D eigenvalue weighted by molar-refractivity contribution is -0.142. The highest BCUT2D eigenvalue weighted by Gasteiger charge is 2.28. The lowest BCUT2D eigenvalue weighted by Crippen LogP contribution is -2.17. The van der Waals surface area contributed by atoms with Crippen molar-refractivity contribution in [3.8, 4) is 5.75 Å². The largest absolute Gasteiger partial charge is 0.497 e. The molecule has 0 atom stereocenters. The van der Waals surface area contributed by atoms with Crippen LogP contribution in [0.2, 0.25) is 0 Å². The van der Waals surface area contributed by atoms with E-state index in [9.17, 15) is 19.5 Å². The minimum Gasteiger partial charge on any atom is -0.497 e. The molecule has 1 heterocycles. The molecule has 0 spiro atoms. The number of Topliss-reactive ketones (excluding diaryl/α,β-unsaturated/α-hetero) is 1. The van der Waals surface area contributed by atoms with Crippen molar-refractivity contribution in [2.24, 2.45) is 0 Å². The van der Waals surface area contributed by atoms with Gasteiger partial charge in [-0.15, -0.1) is 0 Å². The van der Waals surface area contributed by atoms with E-state index in [0.717, 1.165) is 5.56 Å². The van der Waals surface area contributed by atoms with Crippen LogP contribution < -0.4 is 4.74 Å². The summed E-state index contributed by atoms with van der Waals surface area (Å²) in [4.78, 5) is 35.7. The highest BCUT2D eigenvalue weighted by Crippen LogP contribution is 2.32. The molecule has 168 valence electrons. The number of rotatable bonds is 7. The van der Waals surface area contributed by atoms with Crippen molar-refractivity contribution in [2.75, 3.05) is 7.11 Å². The lowest BCUT2D eigenvalue weighted by atomic mass is 9.87. The van der Waals surface area contributed by atoms with Crippen LogP contribution in [0.5, 0.6) is 5.75 Å². The van der Waals surface area contributed by atoms with Crippen molar-refractivity contribution in [3.63, 3.8) is 0 Å². The maximum Gasteiger partial charge on any atom is 0.377 e. The molecule has 7 heteroatoms. The Hall–Kier alpha value is -3.61. The molecule has 0 aliphatic heterocycles. The molecule has 0 aliphatic carbocycles. The van der Waals surface area contributed by atoms with E-state index in [1.807, 2.05) is 16.7 Å². The van der Waals surface area contributed by atoms with Gasteiger partial charge in [0.15, 0.2) is 0 Å². The number of hydrogen-bond acceptors (Lipinski definition) is 5. The number of aliphatic carboxylic acids is 1. The van der Waals surface area contributed by atoms with Crippen LogP contribution in [0.3, 0.4) is 0 Å². The summed E-state index contributed by atoms with van der Waals surface area (Å²) in [6.07, 6.45) is 0.